The van der Waals surface area contributed by atoms with Crippen LogP contribution >= 0.6 is 23.2 Å². The number of hydrogen-bond donors (Lipinski definition) is 0. The highest BCUT2D eigenvalue weighted by Gasteiger charge is 2.24. The Bertz CT molecular complexity index is 1020. The number of piperidine rings is 1. The topological polar surface area (TPSA) is 38.1 Å². The van der Waals surface area contributed by atoms with Gasteiger partial charge in [0.15, 0.2) is 5.78 Å². The third-order valence-corrected chi connectivity index (χ3v) is 5.97. The van der Waals surface area contributed by atoms with Crippen LogP contribution in [-0.2, 0) is 0 Å². The average molecular weight is 428 g/mol. The quantitative estimate of drug-likeness (QED) is 0.481. The minimum Gasteiger partial charge on any atom is -0.296 e. The van der Waals surface area contributed by atoms with Crippen LogP contribution in [0.15, 0.2) is 48.5 Å². The van der Waals surface area contributed by atoms with Crippen LogP contribution in [0.5, 0.6) is 0 Å². The van der Waals surface area contributed by atoms with Gasteiger partial charge in [0.05, 0.1) is 22.9 Å². The lowest BCUT2D eigenvalue weighted by atomic mass is 10.0. The van der Waals surface area contributed by atoms with Crippen LogP contribution in [0.4, 0.5) is 0 Å². The molecule has 0 bridgehead atoms. The lowest BCUT2D eigenvalue weighted by Crippen LogP contribution is -2.34. The van der Waals surface area contributed by atoms with Crippen LogP contribution in [-0.4, -0.2) is 40.1 Å². The van der Waals surface area contributed by atoms with Crippen molar-refractivity contribution in [3.8, 4) is 16.9 Å². The molecule has 4 rings (SSSR count). The molecule has 3 aromatic rings. The zero-order valence-electron chi connectivity index (χ0n) is 16.4. The predicted octanol–water partition coefficient (Wildman–Crippen LogP) is 5.82. The Kier molecular flexibility index (Phi) is 6.04. The summed E-state index contributed by atoms with van der Waals surface area (Å²) in [6.45, 7) is 4.30. The van der Waals surface area contributed by atoms with Crippen LogP contribution in [0.1, 0.15) is 35.3 Å². The van der Waals surface area contributed by atoms with E-state index >= 15 is 0 Å². The molecule has 0 spiro atoms. The summed E-state index contributed by atoms with van der Waals surface area (Å²) in [6, 6.07) is 15.1. The predicted molar refractivity (Wildman–Crippen MR) is 118 cm³/mol. The van der Waals surface area contributed by atoms with Crippen LogP contribution in [0.2, 0.25) is 10.0 Å². The fraction of sp³-hybridized carbons (Fsp3) is 0.304. The van der Waals surface area contributed by atoms with Gasteiger partial charge in [0.2, 0.25) is 0 Å². The summed E-state index contributed by atoms with van der Waals surface area (Å²) in [5.41, 5.74) is 3.90. The summed E-state index contributed by atoms with van der Waals surface area (Å²) in [5, 5.41) is 5.98. The second-order valence-electron chi connectivity index (χ2n) is 7.45. The van der Waals surface area contributed by atoms with E-state index in [4.69, 9.17) is 28.3 Å². The Labute approximate surface area is 181 Å². The maximum absolute atomic E-state index is 13.1. The number of benzene rings is 2. The molecule has 1 saturated heterocycles. The highest BCUT2D eigenvalue weighted by atomic mass is 35.5. The second kappa shape index (κ2) is 8.70. The molecule has 1 fully saturated rings. The van der Waals surface area contributed by atoms with Crippen LogP contribution in [0.3, 0.4) is 0 Å². The maximum Gasteiger partial charge on any atom is 0.197 e. The van der Waals surface area contributed by atoms with Crippen molar-refractivity contribution in [2.24, 2.45) is 0 Å². The van der Waals surface area contributed by atoms with E-state index in [1.165, 1.54) is 6.42 Å². The van der Waals surface area contributed by atoms with Gasteiger partial charge in [-0.1, -0.05) is 53.9 Å². The smallest absolute Gasteiger partial charge is 0.197 e. The lowest BCUT2D eigenvalue weighted by Gasteiger charge is -2.25. The summed E-state index contributed by atoms with van der Waals surface area (Å²) in [7, 11) is 0. The molecule has 0 unspecified atom stereocenters. The summed E-state index contributed by atoms with van der Waals surface area (Å²) in [6.07, 6.45) is 3.54. The number of likely N-dealkylation sites (tertiary alicyclic amines) is 1. The van der Waals surface area contributed by atoms with Gasteiger partial charge in [0, 0.05) is 16.1 Å². The maximum atomic E-state index is 13.1. The van der Waals surface area contributed by atoms with Crippen LogP contribution < -0.4 is 0 Å². The Morgan fingerprint density at radius 1 is 1.00 bits per heavy atom. The van der Waals surface area contributed by atoms with E-state index in [1.54, 1.807) is 4.68 Å². The highest BCUT2D eigenvalue weighted by Crippen LogP contribution is 2.32. The Balaban J connectivity index is 1.79. The van der Waals surface area contributed by atoms with Gasteiger partial charge in [0.25, 0.3) is 0 Å². The first-order chi connectivity index (χ1) is 14.0. The summed E-state index contributed by atoms with van der Waals surface area (Å²) < 4.78 is 1.78. The first kappa shape index (κ1) is 20.1. The van der Waals surface area contributed by atoms with Crippen molar-refractivity contribution in [1.82, 2.24) is 14.7 Å². The third kappa shape index (κ3) is 4.25. The lowest BCUT2D eigenvalue weighted by molar-refractivity contribution is 0.0909. The molecule has 0 aliphatic carbocycles. The molecule has 6 heteroatoms. The third-order valence-electron chi connectivity index (χ3n) is 5.40. The van der Waals surface area contributed by atoms with Crippen molar-refractivity contribution in [3.05, 3.63) is 69.8 Å². The van der Waals surface area contributed by atoms with Crippen molar-refractivity contribution < 1.29 is 4.79 Å². The molecule has 2 aromatic carbocycles. The minimum atomic E-state index is 0.0467. The largest absolute Gasteiger partial charge is 0.296 e. The van der Waals surface area contributed by atoms with Gasteiger partial charge in [-0.25, -0.2) is 4.68 Å². The molecule has 0 amide bonds. The van der Waals surface area contributed by atoms with Crippen molar-refractivity contribution in [2.75, 3.05) is 19.6 Å². The molecule has 0 atom stereocenters. The zero-order valence-corrected chi connectivity index (χ0v) is 17.9. The molecule has 2 heterocycles. The molecule has 1 aliphatic rings. The number of carbonyl (C=O) groups excluding carboxylic acids is 1. The summed E-state index contributed by atoms with van der Waals surface area (Å²) in [4.78, 5) is 15.4. The van der Waals surface area contributed by atoms with Gasteiger partial charge in [0.1, 0.15) is 5.69 Å². The van der Waals surface area contributed by atoms with Gasteiger partial charge >= 0.3 is 0 Å². The van der Waals surface area contributed by atoms with Crippen molar-refractivity contribution in [2.45, 2.75) is 26.2 Å². The fourth-order valence-corrected chi connectivity index (χ4v) is 4.24. The number of ketones is 1. The Morgan fingerprint density at radius 2 is 1.69 bits per heavy atom. The van der Waals surface area contributed by atoms with E-state index in [9.17, 15) is 4.79 Å². The van der Waals surface area contributed by atoms with E-state index in [-0.39, 0.29) is 5.78 Å². The number of hydrogen-bond acceptors (Lipinski definition) is 3. The van der Waals surface area contributed by atoms with Crippen LogP contribution in [0, 0.1) is 6.92 Å². The van der Waals surface area contributed by atoms with Gasteiger partial charge < -0.3 is 0 Å². The number of rotatable bonds is 5. The standard InChI is InChI=1S/C23H23Cl2N3O/c1-16-22(21(29)15-27-13-5-2-6-14-27)26-28(20-8-4-3-7-19(20)25)23(16)17-9-11-18(24)12-10-17/h3-4,7-12H,2,5-6,13-15H2,1H3. The van der Waals surface area contributed by atoms with Gasteiger partial charge in [-0.3, -0.25) is 9.69 Å². The summed E-state index contributed by atoms with van der Waals surface area (Å²) >= 11 is 12.5. The zero-order chi connectivity index (χ0) is 20.4. The number of para-hydroxylation sites is 1. The number of nitrogens with zero attached hydrogens (tertiary/aromatic N) is 3. The normalized spacial score (nSPS) is 14.9. The van der Waals surface area contributed by atoms with Gasteiger partial charge in [-0.05, 0) is 57.1 Å². The molecule has 1 aliphatic heterocycles. The van der Waals surface area contributed by atoms with Crippen LogP contribution in [0.25, 0.3) is 16.9 Å². The van der Waals surface area contributed by atoms with E-state index in [2.05, 4.69) is 4.90 Å². The second-order valence-corrected chi connectivity index (χ2v) is 8.30. The number of carbonyl (C=O) groups is 1. The molecule has 0 N–H and O–H groups in total. The molecule has 0 saturated carbocycles. The molecule has 150 valence electrons. The fourth-order valence-electron chi connectivity index (χ4n) is 3.90. The SMILES string of the molecule is Cc1c(C(=O)CN2CCCCC2)nn(-c2ccccc2Cl)c1-c1ccc(Cl)cc1. The van der Waals surface area contributed by atoms with E-state index in [1.807, 2.05) is 55.5 Å². The number of aromatic nitrogens is 2. The van der Waals surface area contributed by atoms with Crippen molar-refractivity contribution in [1.29, 1.82) is 0 Å². The molecule has 4 nitrogen and oxygen atoms in total. The molecule has 1 aromatic heterocycles. The average Bonchev–Trinajstić information content (AvgIpc) is 3.07. The number of halogens is 2. The van der Waals surface area contributed by atoms with Gasteiger partial charge in [-0.2, -0.15) is 5.10 Å². The molecule has 29 heavy (non-hydrogen) atoms. The first-order valence-corrected chi connectivity index (χ1v) is 10.7. The highest BCUT2D eigenvalue weighted by molar-refractivity contribution is 6.32. The first-order valence-electron chi connectivity index (χ1n) is 9.90. The van der Waals surface area contributed by atoms with Crippen molar-refractivity contribution in [3.63, 3.8) is 0 Å². The number of Topliss-reactive ketones (excluding diaryl/α,β-unsaturated/α-hetero) is 1. The van der Waals surface area contributed by atoms with Gasteiger partial charge in [-0.15, -0.1) is 0 Å². The van der Waals surface area contributed by atoms with E-state index < -0.39 is 0 Å². The molecule has 0 radical (unpaired) electrons. The van der Waals surface area contributed by atoms with E-state index in [0.29, 0.717) is 22.3 Å². The Morgan fingerprint density at radius 3 is 2.38 bits per heavy atom. The monoisotopic (exact) mass is 427 g/mol. The minimum absolute atomic E-state index is 0.0467. The van der Waals surface area contributed by atoms with E-state index in [0.717, 1.165) is 48.4 Å². The molecular weight excluding hydrogens is 405 g/mol. The summed E-state index contributed by atoms with van der Waals surface area (Å²) in [5.74, 6) is 0.0467. The Hall–Kier alpha value is -2.14. The van der Waals surface area contributed by atoms with Crippen molar-refractivity contribution >= 4 is 29.0 Å². The molecular formula is C23H23Cl2N3O.